The number of rotatable bonds is 3. The first-order valence-corrected chi connectivity index (χ1v) is 8.28. The third-order valence-electron chi connectivity index (χ3n) is 3.08. The average molecular weight is 383 g/mol. The van der Waals surface area contributed by atoms with Crippen molar-refractivity contribution in [1.29, 1.82) is 0 Å². The Morgan fingerprint density at radius 1 is 1.30 bits per heavy atom. The van der Waals surface area contributed by atoms with Crippen molar-refractivity contribution >= 4 is 38.9 Å². The summed E-state index contributed by atoms with van der Waals surface area (Å²) in [5, 5.41) is 5.87. The van der Waals surface area contributed by atoms with Crippen LogP contribution in [0.5, 0.6) is 0 Å². The number of fused-ring (bicyclic) bond motifs is 1. The molecule has 0 saturated carbocycles. The molecule has 0 aliphatic rings. The lowest BCUT2D eigenvalue weighted by atomic mass is 10.1. The number of carbonyl (C=O) groups excluding carboxylic acids is 2. The fourth-order valence-electron chi connectivity index (χ4n) is 2.14. The summed E-state index contributed by atoms with van der Waals surface area (Å²) in [5.41, 5.74) is 1.01. The molecule has 1 aromatic carbocycles. The van der Waals surface area contributed by atoms with Crippen LogP contribution >= 0.6 is 15.9 Å². The van der Waals surface area contributed by atoms with Crippen LogP contribution in [0, 0.1) is 0 Å². The normalized spacial score (nSPS) is 11.5. The number of ether oxygens (including phenoxy) is 2. The van der Waals surface area contributed by atoms with Gasteiger partial charge in [-0.2, -0.15) is 9.78 Å². The van der Waals surface area contributed by atoms with Gasteiger partial charge in [0.05, 0.1) is 23.9 Å². The number of nitrogens with zero attached hydrogens (tertiary/aromatic N) is 2. The summed E-state index contributed by atoms with van der Waals surface area (Å²) in [6.07, 6.45) is 0.0782. The molecule has 124 valence electrons. The smallest absolute Gasteiger partial charge is 0.435 e. The molecule has 2 rings (SSSR count). The molecular weight excluding hydrogens is 364 g/mol. The van der Waals surface area contributed by atoms with Gasteiger partial charge in [-0.25, -0.2) is 9.59 Å². The van der Waals surface area contributed by atoms with Crippen molar-refractivity contribution < 1.29 is 19.1 Å². The highest BCUT2D eigenvalue weighted by molar-refractivity contribution is 9.09. The molecule has 0 amide bonds. The van der Waals surface area contributed by atoms with Crippen LogP contribution in [0.2, 0.25) is 0 Å². The second-order valence-electron chi connectivity index (χ2n) is 6.00. The summed E-state index contributed by atoms with van der Waals surface area (Å²) in [6, 6.07) is 5.02. The topological polar surface area (TPSA) is 70.4 Å². The van der Waals surface area contributed by atoms with Crippen molar-refractivity contribution in [2.75, 3.05) is 12.4 Å². The van der Waals surface area contributed by atoms with Crippen molar-refractivity contribution in [3.8, 4) is 0 Å². The second-order valence-corrected chi connectivity index (χ2v) is 6.79. The van der Waals surface area contributed by atoms with Crippen LogP contribution in [0.1, 0.15) is 36.8 Å². The molecule has 0 aliphatic heterocycles. The molecule has 7 heteroatoms. The number of benzene rings is 1. The van der Waals surface area contributed by atoms with E-state index in [2.05, 4.69) is 21.0 Å². The summed E-state index contributed by atoms with van der Waals surface area (Å²) in [5.74, 6) is -0.467. The molecule has 0 saturated heterocycles. The van der Waals surface area contributed by atoms with Crippen LogP contribution in [0.25, 0.3) is 10.9 Å². The van der Waals surface area contributed by atoms with E-state index in [1.54, 1.807) is 39.0 Å². The van der Waals surface area contributed by atoms with Gasteiger partial charge in [0, 0.05) is 17.1 Å². The van der Waals surface area contributed by atoms with Gasteiger partial charge in [0.2, 0.25) is 0 Å². The minimum absolute atomic E-state index is 0.357. The van der Waals surface area contributed by atoms with Gasteiger partial charge in [0.15, 0.2) is 0 Å². The number of hydrogen-bond acceptors (Lipinski definition) is 5. The van der Waals surface area contributed by atoms with Crippen LogP contribution in [-0.2, 0) is 15.9 Å². The molecule has 6 nitrogen and oxygen atoms in total. The van der Waals surface area contributed by atoms with Gasteiger partial charge in [0.1, 0.15) is 5.60 Å². The van der Waals surface area contributed by atoms with Crippen LogP contribution < -0.4 is 0 Å². The monoisotopic (exact) mass is 382 g/mol. The van der Waals surface area contributed by atoms with Crippen molar-refractivity contribution in [3.05, 3.63) is 29.5 Å². The van der Waals surface area contributed by atoms with E-state index in [0.717, 1.165) is 11.1 Å². The van der Waals surface area contributed by atoms with E-state index in [1.807, 2.05) is 0 Å². The van der Waals surface area contributed by atoms with Crippen molar-refractivity contribution in [2.45, 2.75) is 32.8 Å². The number of hydrogen-bond donors (Lipinski definition) is 0. The van der Waals surface area contributed by atoms with E-state index >= 15 is 0 Å². The maximum Gasteiger partial charge on any atom is 0.435 e. The Morgan fingerprint density at radius 2 is 2.00 bits per heavy atom. The van der Waals surface area contributed by atoms with E-state index in [1.165, 1.54) is 11.8 Å². The van der Waals surface area contributed by atoms with E-state index in [4.69, 9.17) is 9.47 Å². The lowest BCUT2D eigenvalue weighted by molar-refractivity contribution is 0.0519. The molecule has 0 spiro atoms. The highest BCUT2D eigenvalue weighted by Gasteiger charge is 2.22. The van der Waals surface area contributed by atoms with E-state index in [9.17, 15) is 9.59 Å². The summed E-state index contributed by atoms with van der Waals surface area (Å²) in [6.45, 7) is 5.36. The molecule has 0 bridgehead atoms. The fourth-order valence-corrected chi connectivity index (χ4v) is 2.52. The Balaban J connectivity index is 2.57. The zero-order valence-corrected chi connectivity index (χ0v) is 15.1. The average Bonchev–Trinajstić information content (AvgIpc) is 2.83. The maximum absolute atomic E-state index is 12.4. The number of aromatic nitrogens is 2. The Hall–Kier alpha value is -1.89. The maximum atomic E-state index is 12.4. The third-order valence-corrected chi connectivity index (χ3v) is 3.47. The number of methoxy groups -OCH3 is 1. The number of aryl methyl sites for hydroxylation is 1. The quantitative estimate of drug-likeness (QED) is 0.599. The van der Waals surface area contributed by atoms with Crippen LogP contribution in [0.15, 0.2) is 18.2 Å². The predicted molar refractivity (Wildman–Crippen MR) is 90.2 cm³/mol. The third kappa shape index (κ3) is 3.90. The van der Waals surface area contributed by atoms with Crippen LogP contribution in [-0.4, -0.2) is 39.9 Å². The number of esters is 1. The van der Waals surface area contributed by atoms with Crippen molar-refractivity contribution in [2.24, 2.45) is 0 Å². The zero-order chi connectivity index (χ0) is 17.2. The highest BCUT2D eigenvalue weighted by atomic mass is 79.9. The summed E-state index contributed by atoms with van der Waals surface area (Å²) < 4.78 is 11.3. The molecular formula is C16H19BrN2O4. The molecule has 1 heterocycles. The van der Waals surface area contributed by atoms with Gasteiger partial charge >= 0.3 is 12.1 Å². The number of alkyl halides is 1. The number of halogens is 1. The first-order chi connectivity index (χ1) is 10.8. The Bertz CT molecular complexity index is 746. The van der Waals surface area contributed by atoms with Gasteiger partial charge in [-0.05, 0) is 32.9 Å². The Morgan fingerprint density at radius 3 is 2.57 bits per heavy atom. The van der Waals surface area contributed by atoms with Crippen molar-refractivity contribution in [1.82, 2.24) is 9.78 Å². The van der Waals surface area contributed by atoms with Crippen LogP contribution in [0.4, 0.5) is 4.79 Å². The van der Waals surface area contributed by atoms with Gasteiger partial charge in [-0.15, -0.1) is 0 Å². The van der Waals surface area contributed by atoms with E-state index in [0.29, 0.717) is 22.8 Å². The minimum atomic E-state index is -0.634. The Labute approximate surface area is 142 Å². The van der Waals surface area contributed by atoms with Crippen molar-refractivity contribution in [3.63, 3.8) is 0 Å². The van der Waals surface area contributed by atoms with Gasteiger partial charge < -0.3 is 9.47 Å². The van der Waals surface area contributed by atoms with Crippen LogP contribution in [0.3, 0.4) is 0 Å². The molecule has 2 aromatic rings. The lowest BCUT2D eigenvalue weighted by Crippen LogP contribution is -2.27. The first kappa shape index (κ1) is 17.5. The molecule has 0 fully saturated rings. The molecule has 0 unspecified atom stereocenters. The predicted octanol–water partition coefficient (Wildman–Crippen LogP) is 3.54. The lowest BCUT2D eigenvalue weighted by Gasteiger charge is -2.19. The molecule has 0 atom stereocenters. The van der Waals surface area contributed by atoms with Gasteiger partial charge in [0.25, 0.3) is 0 Å². The summed E-state index contributed by atoms with van der Waals surface area (Å²) >= 11 is 3.38. The second kappa shape index (κ2) is 6.70. The fraction of sp³-hybridized carbons (Fsp3) is 0.438. The number of carbonyl (C=O) groups is 2. The zero-order valence-electron chi connectivity index (χ0n) is 13.6. The van der Waals surface area contributed by atoms with E-state index in [-0.39, 0.29) is 0 Å². The molecule has 1 aromatic heterocycles. The van der Waals surface area contributed by atoms with E-state index < -0.39 is 17.7 Å². The SMILES string of the molecule is COC(=O)c1ccc2c(CCBr)nn(C(=O)OC(C)(C)C)c2c1. The summed E-state index contributed by atoms with van der Waals surface area (Å²) in [4.78, 5) is 24.1. The molecule has 0 N–H and O–H groups in total. The summed E-state index contributed by atoms with van der Waals surface area (Å²) in [7, 11) is 1.31. The molecule has 0 radical (unpaired) electrons. The first-order valence-electron chi connectivity index (χ1n) is 7.16. The van der Waals surface area contributed by atoms with Gasteiger partial charge in [-0.3, -0.25) is 0 Å². The minimum Gasteiger partial charge on any atom is -0.465 e. The largest absolute Gasteiger partial charge is 0.465 e. The highest BCUT2D eigenvalue weighted by Crippen LogP contribution is 2.23. The molecule has 0 aliphatic carbocycles. The van der Waals surface area contributed by atoms with Gasteiger partial charge in [-0.1, -0.05) is 22.0 Å². The molecule has 23 heavy (non-hydrogen) atoms. The standard InChI is InChI=1S/C16H19BrN2O4/c1-16(2,3)23-15(21)19-13-9-10(14(20)22-4)5-6-11(13)12(18-19)7-8-17/h5-6,9H,7-8H2,1-4H3. The Kier molecular flexibility index (Phi) is 5.09.